The van der Waals surface area contributed by atoms with Gasteiger partial charge in [0.25, 0.3) is 0 Å². The van der Waals surface area contributed by atoms with Gasteiger partial charge < -0.3 is 0 Å². The molecule has 1 aromatic carbocycles. The van der Waals surface area contributed by atoms with E-state index in [2.05, 4.69) is 25.1 Å². The highest BCUT2D eigenvalue weighted by Crippen LogP contribution is 2.40. The normalized spacial score (nSPS) is 30.6. The smallest absolute Gasteiger partial charge is 0.166 e. The number of carbonyl (C=O) groups is 1. The number of aryl methyl sites for hydroxylation is 1. The third kappa shape index (κ3) is 2.68. The topological polar surface area (TPSA) is 17.1 Å². The van der Waals surface area contributed by atoms with Crippen LogP contribution in [-0.2, 0) is 6.42 Å². The average Bonchev–Trinajstić information content (AvgIpc) is 2.67. The van der Waals surface area contributed by atoms with Gasteiger partial charge in [0.2, 0.25) is 0 Å². The van der Waals surface area contributed by atoms with Gasteiger partial charge >= 0.3 is 0 Å². The van der Waals surface area contributed by atoms with E-state index in [0.29, 0.717) is 17.6 Å². The van der Waals surface area contributed by atoms with E-state index in [0.717, 1.165) is 24.3 Å². The predicted molar refractivity (Wildman–Crippen MR) is 82.9 cm³/mol. The second-order valence-corrected chi connectivity index (χ2v) is 6.72. The first kappa shape index (κ1) is 13.9. The summed E-state index contributed by atoms with van der Waals surface area (Å²) in [5.74, 6) is 2.25. The Morgan fingerprint density at radius 3 is 2.80 bits per heavy atom. The first-order valence-electron chi connectivity index (χ1n) is 8.41. The van der Waals surface area contributed by atoms with Crippen molar-refractivity contribution in [2.24, 2.45) is 17.8 Å². The van der Waals surface area contributed by atoms with Crippen LogP contribution in [0.3, 0.4) is 0 Å². The third-order valence-electron chi connectivity index (χ3n) is 5.55. The summed E-state index contributed by atoms with van der Waals surface area (Å²) in [7, 11) is 0. The molecule has 1 heteroatoms. The Morgan fingerprint density at radius 1 is 1.10 bits per heavy atom. The molecule has 3 unspecified atom stereocenters. The summed E-state index contributed by atoms with van der Waals surface area (Å²) >= 11 is 0. The van der Waals surface area contributed by atoms with Crippen LogP contribution in [-0.4, -0.2) is 5.78 Å². The summed E-state index contributed by atoms with van der Waals surface area (Å²) in [6.45, 7) is 2.30. The van der Waals surface area contributed by atoms with Crippen LogP contribution in [0.4, 0.5) is 0 Å². The number of benzene rings is 1. The highest BCUT2D eigenvalue weighted by Gasteiger charge is 2.34. The van der Waals surface area contributed by atoms with Crippen molar-refractivity contribution in [3.63, 3.8) is 0 Å². The molecule has 0 heterocycles. The van der Waals surface area contributed by atoms with E-state index in [1.54, 1.807) is 0 Å². The summed E-state index contributed by atoms with van der Waals surface area (Å²) in [6.07, 6.45) is 9.93. The summed E-state index contributed by atoms with van der Waals surface area (Å²) in [6, 6.07) is 8.29. The quantitative estimate of drug-likeness (QED) is 0.688. The van der Waals surface area contributed by atoms with Gasteiger partial charge in [-0.25, -0.2) is 0 Å². The molecule has 1 aromatic rings. The van der Waals surface area contributed by atoms with E-state index in [-0.39, 0.29) is 0 Å². The fourth-order valence-electron chi connectivity index (χ4n) is 4.34. The van der Waals surface area contributed by atoms with Crippen LogP contribution < -0.4 is 0 Å². The monoisotopic (exact) mass is 270 g/mol. The molecule has 3 rings (SSSR count). The molecule has 20 heavy (non-hydrogen) atoms. The summed E-state index contributed by atoms with van der Waals surface area (Å²) < 4.78 is 0. The lowest BCUT2D eigenvalue weighted by atomic mass is 9.71. The Labute approximate surface area is 122 Å². The highest BCUT2D eigenvalue weighted by molar-refractivity contribution is 5.99. The molecule has 0 aliphatic heterocycles. The molecule has 1 fully saturated rings. The van der Waals surface area contributed by atoms with Gasteiger partial charge in [-0.3, -0.25) is 4.79 Å². The van der Waals surface area contributed by atoms with E-state index in [1.807, 2.05) is 6.07 Å². The predicted octanol–water partition coefficient (Wildman–Crippen LogP) is 5.04. The molecule has 0 aromatic heterocycles. The zero-order chi connectivity index (χ0) is 13.9. The van der Waals surface area contributed by atoms with Gasteiger partial charge in [0.05, 0.1) is 0 Å². The number of hydrogen-bond acceptors (Lipinski definition) is 1. The third-order valence-corrected chi connectivity index (χ3v) is 5.55. The molecule has 0 spiro atoms. The van der Waals surface area contributed by atoms with E-state index in [4.69, 9.17) is 0 Å². The van der Waals surface area contributed by atoms with Crippen molar-refractivity contribution in [3.8, 4) is 0 Å². The van der Waals surface area contributed by atoms with Crippen molar-refractivity contribution >= 4 is 5.78 Å². The zero-order valence-corrected chi connectivity index (χ0v) is 12.6. The average molecular weight is 270 g/mol. The largest absolute Gasteiger partial charge is 0.294 e. The van der Waals surface area contributed by atoms with Crippen molar-refractivity contribution in [3.05, 3.63) is 35.4 Å². The van der Waals surface area contributed by atoms with Gasteiger partial charge in [0.1, 0.15) is 0 Å². The van der Waals surface area contributed by atoms with Crippen LogP contribution in [0.25, 0.3) is 0 Å². The minimum atomic E-state index is 0.299. The van der Waals surface area contributed by atoms with Crippen molar-refractivity contribution in [1.29, 1.82) is 0 Å². The van der Waals surface area contributed by atoms with Gasteiger partial charge in [0, 0.05) is 11.5 Å². The Bertz CT molecular complexity index is 476. The first-order chi connectivity index (χ1) is 9.79. The van der Waals surface area contributed by atoms with E-state index < -0.39 is 0 Å². The summed E-state index contributed by atoms with van der Waals surface area (Å²) in [5.41, 5.74) is 2.30. The van der Waals surface area contributed by atoms with Gasteiger partial charge in [-0.05, 0) is 49.5 Å². The van der Waals surface area contributed by atoms with Crippen LogP contribution in [0.2, 0.25) is 0 Å². The maximum Gasteiger partial charge on any atom is 0.166 e. The van der Waals surface area contributed by atoms with Crippen LogP contribution in [0.1, 0.15) is 67.8 Å². The number of hydrogen-bond donors (Lipinski definition) is 0. The minimum absolute atomic E-state index is 0.299. The lowest BCUT2D eigenvalue weighted by Crippen LogP contribution is -2.28. The molecule has 0 saturated heterocycles. The maximum atomic E-state index is 12.9. The molecule has 3 atom stereocenters. The Kier molecular flexibility index (Phi) is 4.24. The molecule has 0 bridgehead atoms. The van der Waals surface area contributed by atoms with Gasteiger partial charge in [-0.2, -0.15) is 0 Å². The van der Waals surface area contributed by atoms with Crippen LogP contribution in [0.5, 0.6) is 0 Å². The number of rotatable bonds is 2. The van der Waals surface area contributed by atoms with Crippen molar-refractivity contribution < 1.29 is 4.79 Å². The molecular formula is C19H26O. The molecule has 1 saturated carbocycles. The molecule has 1 nitrogen and oxygen atoms in total. The van der Waals surface area contributed by atoms with Crippen molar-refractivity contribution in [2.75, 3.05) is 0 Å². The zero-order valence-electron chi connectivity index (χ0n) is 12.6. The van der Waals surface area contributed by atoms with E-state index in [1.165, 1.54) is 44.1 Å². The molecular weight excluding hydrogens is 244 g/mol. The lowest BCUT2D eigenvalue weighted by Gasteiger charge is -2.33. The van der Waals surface area contributed by atoms with E-state index >= 15 is 0 Å². The first-order valence-corrected chi connectivity index (χ1v) is 8.41. The van der Waals surface area contributed by atoms with Gasteiger partial charge in [-0.1, -0.05) is 50.5 Å². The minimum Gasteiger partial charge on any atom is -0.294 e. The lowest BCUT2D eigenvalue weighted by molar-refractivity contribution is 0.0811. The standard InChI is InChI=1S/C19H26O/c1-2-14-7-5-10-16(13-14)18-12-6-9-15-8-3-4-11-17(15)19(18)20/h3-4,8,11,14,16,18H,2,5-7,9-10,12-13H2,1H3. The van der Waals surface area contributed by atoms with Crippen LogP contribution in [0.15, 0.2) is 24.3 Å². The number of ketones is 1. The van der Waals surface area contributed by atoms with Crippen LogP contribution >= 0.6 is 0 Å². The summed E-state index contributed by atoms with van der Waals surface area (Å²) in [4.78, 5) is 12.9. The SMILES string of the molecule is CCC1CCCC(C2CCCc3ccccc3C2=O)C1. The fraction of sp³-hybridized carbons (Fsp3) is 0.632. The fourth-order valence-corrected chi connectivity index (χ4v) is 4.34. The molecule has 108 valence electrons. The molecule has 0 N–H and O–H groups in total. The van der Waals surface area contributed by atoms with Gasteiger partial charge in [0.15, 0.2) is 5.78 Å². The molecule has 0 amide bonds. The Balaban J connectivity index is 1.82. The second-order valence-electron chi connectivity index (χ2n) is 6.72. The van der Waals surface area contributed by atoms with E-state index in [9.17, 15) is 4.79 Å². The van der Waals surface area contributed by atoms with Gasteiger partial charge in [-0.15, -0.1) is 0 Å². The Morgan fingerprint density at radius 2 is 1.95 bits per heavy atom. The number of fused-ring (bicyclic) bond motifs is 1. The second kappa shape index (κ2) is 6.11. The maximum absolute atomic E-state index is 12.9. The number of Topliss-reactive ketones (excluding diaryl/α,β-unsaturated/α-hetero) is 1. The number of carbonyl (C=O) groups excluding carboxylic acids is 1. The summed E-state index contributed by atoms with van der Waals surface area (Å²) in [5, 5.41) is 0. The molecule has 2 aliphatic carbocycles. The molecule has 0 radical (unpaired) electrons. The molecule has 2 aliphatic rings. The van der Waals surface area contributed by atoms with Crippen LogP contribution in [0, 0.1) is 17.8 Å². The highest BCUT2D eigenvalue weighted by atomic mass is 16.1. The van der Waals surface area contributed by atoms with Crippen molar-refractivity contribution in [1.82, 2.24) is 0 Å². The van der Waals surface area contributed by atoms with Crippen molar-refractivity contribution in [2.45, 2.75) is 58.3 Å². The Hall–Kier alpha value is -1.11.